The maximum absolute atomic E-state index is 11.6. The lowest BCUT2D eigenvalue weighted by molar-refractivity contribution is -0.141. The average molecular weight is 230 g/mol. The molecule has 88 valence electrons. The van der Waals surface area contributed by atoms with E-state index in [1.807, 2.05) is 0 Å². The topological polar surface area (TPSA) is 38.8 Å². The molecule has 4 heteroatoms. The third kappa shape index (κ3) is 3.95. The lowest BCUT2D eigenvalue weighted by Gasteiger charge is -2.26. The predicted molar refractivity (Wildman–Crippen MR) is 62.7 cm³/mol. The van der Waals surface area contributed by atoms with Crippen molar-refractivity contribution in [2.75, 3.05) is 13.2 Å². The van der Waals surface area contributed by atoms with Crippen molar-refractivity contribution in [3.63, 3.8) is 0 Å². The van der Waals surface area contributed by atoms with Gasteiger partial charge in [-0.1, -0.05) is 38.9 Å². The van der Waals surface area contributed by atoms with Crippen LogP contribution in [0, 0.1) is 0 Å². The van der Waals surface area contributed by atoms with Crippen LogP contribution in [-0.2, 0) is 14.3 Å². The number of ether oxygens (including phenoxy) is 2. The molecule has 1 fully saturated rings. The Hall–Kier alpha value is -0.353. The molecular weight excluding hydrogens is 208 g/mol. The number of carbonyl (C=O) groups excluding carboxylic acids is 1. The van der Waals surface area contributed by atoms with Crippen molar-refractivity contribution in [2.45, 2.75) is 51.1 Å². The van der Waals surface area contributed by atoms with Gasteiger partial charge < -0.3 is 9.47 Å². The molecule has 0 aromatic rings. The molecule has 1 atom stereocenters. The summed E-state index contributed by atoms with van der Waals surface area (Å²) in [6, 6.07) is 4.21. The SMILES string of the molecule is CC[Si](CC)(CC)CC(=O)OCC1CO1. The highest BCUT2D eigenvalue weighted by Crippen LogP contribution is 2.25. The number of rotatable bonds is 7. The van der Waals surface area contributed by atoms with Crippen molar-refractivity contribution in [2.24, 2.45) is 0 Å². The van der Waals surface area contributed by atoms with Gasteiger partial charge >= 0.3 is 5.97 Å². The van der Waals surface area contributed by atoms with E-state index >= 15 is 0 Å². The Bertz CT molecular complexity index is 202. The van der Waals surface area contributed by atoms with Crippen LogP contribution >= 0.6 is 0 Å². The molecule has 3 nitrogen and oxygen atoms in total. The van der Waals surface area contributed by atoms with Crippen LogP contribution in [-0.4, -0.2) is 33.4 Å². The van der Waals surface area contributed by atoms with Gasteiger partial charge in [-0.15, -0.1) is 0 Å². The maximum atomic E-state index is 11.6. The first kappa shape index (κ1) is 12.7. The average Bonchev–Trinajstić information content (AvgIpc) is 3.07. The quantitative estimate of drug-likeness (QED) is 0.383. The van der Waals surface area contributed by atoms with Crippen LogP contribution in [0.3, 0.4) is 0 Å². The lowest BCUT2D eigenvalue weighted by Crippen LogP contribution is -2.34. The Morgan fingerprint density at radius 2 is 1.87 bits per heavy atom. The highest BCUT2D eigenvalue weighted by Gasteiger charge is 2.31. The summed E-state index contributed by atoms with van der Waals surface area (Å²) in [5, 5.41) is 0. The summed E-state index contributed by atoms with van der Waals surface area (Å²) in [5.41, 5.74) is 0. The molecule has 0 radical (unpaired) electrons. The van der Waals surface area contributed by atoms with Gasteiger partial charge in [0.1, 0.15) is 12.7 Å². The van der Waals surface area contributed by atoms with Crippen molar-refractivity contribution >= 4 is 14.0 Å². The van der Waals surface area contributed by atoms with Gasteiger partial charge in [0, 0.05) is 6.04 Å². The number of hydrogen-bond acceptors (Lipinski definition) is 3. The van der Waals surface area contributed by atoms with Crippen LogP contribution in [0.4, 0.5) is 0 Å². The lowest BCUT2D eigenvalue weighted by atomic mass is 10.5. The van der Waals surface area contributed by atoms with Crippen molar-refractivity contribution < 1.29 is 14.3 Å². The zero-order valence-corrected chi connectivity index (χ0v) is 11.0. The summed E-state index contributed by atoms with van der Waals surface area (Å²) in [6.45, 7) is 7.83. The molecule has 1 saturated heterocycles. The molecule has 15 heavy (non-hydrogen) atoms. The minimum absolute atomic E-state index is 0.0114. The van der Waals surface area contributed by atoms with Gasteiger partial charge in [-0.2, -0.15) is 0 Å². The summed E-state index contributed by atoms with van der Waals surface area (Å²) < 4.78 is 10.2. The number of epoxide rings is 1. The van der Waals surface area contributed by atoms with Crippen LogP contribution in [0.25, 0.3) is 0 Å². The molecule has 0 N–H and O–H groups in total. The maximum Gasteiger partial charge on any atom is 0.303 e. The van der Waals surface area contributed by atoms with E-state index in [0.29, 0.717) is 12.7 Å². The molecule has 0 spiro atoms. The fourth-order valence-electron chi connectivity index (χ4n) is 1.83. The Balaban J connectivity index is 2.31. The molecule has 0 aromatic carbocycles. The third-order valence-electron chi connectivity index (χ3n) is 3.60. The van der Waals surface area contributed by atoms with E-state index in [1.165, 1.54) is 18.1 Å². The second-order valence-corrected chi connectivity index (χ2v) is 9.85. The molecule has 0 amide bonds. The molecule has 1 aliphatic heterocycles. The van der Waals surface area contributed by atoms with Gasteiger partial charge in [-0.3, -0.25) is 4.79 Å². The largest absolute Gasteiger partial charge is 0.463 e. The van der Waals surface area contributed by atoms with Gasteiger partial charge in [0.25, 0.3) is 0 Å². The van der Waals surface area contributed by atoms with Crippen LogP contribution in [0.1, 0.15) is 20.8 Å². The molecule has 1 aliphatic rings. The Labute approximate surface area is 93.2 Å². The zero-order valence-electron chi connectivity index (χ0n) is 10.0. The van der Waals surface area contributed by atoms with Crippen LogP contribution in [0.15, 0.2) is 0 Å². The molecule has 1 rings (SSSR count). The summed E-state index contributed by atoms with van der Waals surface area (Å²) >= 11 is 0. The van der Waals surface area contributed by atoms with Crippen LogP contribution in [0.5, 0.6) is 0 Å². The number of esters is 1. The Kier molecular flexibility index (Phi) is 4.79. The van der Waals surface area contributed by atoms with E-state index in [2.05, 4.69) is 20.8 Å². The summed E-state index contributed by atoms with van der Waals surface area (Å²) in [5.74, 6) is -0.0114. The van der Waals surface area contributed by atoms with Crippen LogP contribution in [0.2, 0.25) is 24.2 Å². The first-order valence-corrected chi connectivity index (χ1v) is 8.76. The predicted octanol–water partition coefficient (Wildman–Crippen LogP) is 2.44. The van der Waals surface area contributed by atoms with Gasteiger partial charge in [0.05, 0.1) is 14.7 Å². The second kappa shape index (κ2) is 5.65. The molecular formula is C11H22O3Si. The van der Waals surface area contributed by atoms with Gasteiger partial charge in [0.15, 0.2) is 0 Å². The van der Waals surface area contributed by atoms with E-state index in [9.17, 15) is 4.79 Å². The monoisotopic (exact) mass is 230 g/mol. The summed E-state index contributed by atoms with van der Waals surface area (Å²) in [7, 11) is -1.35. The zero-order chi connectivity index (χ0) is 11.3. The van der Waals surface area contributed by atoms with Crippen molar-refractivity contribution in [1.29, 1.82) is 0 Å². The van der Waals surface area contributed by atoms with Gasteiger partial charge in [-0.25, -0.2) is 0 Å². The van der Waals surface area contributed by atoms with E-state index in [4.69, 9.17) is 9.47 Å². The number of carbonyl (C=O) groups is 1. The van der Waals surface area contributed by atoms with E-state index in [-0.39, 0.29) is 12.1 Å². The summed E-state index contributed by atoms with van der Waals surface area (Å²) in [4.78, 5) is 11.6. The van der Waals surface area contributed by atoms with Crippen molar-refractivity contribution in [3.8, 4) is 0 Å². The van der Waals surface area contributed by atoms with Gasteiger partial charge in [-0.05, 0) is 0 Å². The van der Waals surface area contributed by atoms with E-state index < -0.39 is 8.07 Å². The standard InChI is InChI=1S/C11H22O3Si/c1-4-15(5-2,6-3)9-11(12)14-8-10-7-13-10/h10H,4-9H2,1-3H3. The molecule has 1 heterocycles. The highest BCUT2D eigenvalue weighted by molar-refractivity contribution is 6.82. The van der Waals surface area contributed by atoms with Gasteiger partial charge in [0.2, 0.25) is 0 Å². The fraction of sp³-hybridized carbons (Fsp3) is 0.909. The molecule has 0 bridgehead atoms. The number of hydrogen-bond donors (Lipinski definition) is 0. The second-order valence-electron chi connectivity index (χ2n) is 4.38. The van der Waals surface area contributed by atoms with E-state index in [0.717, 1.165) is 6.61 Å². The van der Waals surface area contributed by atoms with Crippen LogP contribution < -0.4 is 0 Å². The molecule has 0 saturated carbocycles. The normalized spacial score (nSPS) is 20.1. The minimum Gasteiger partial charge on any atom is -0.463 e. The highest BCUT2D eigenvalue weighted by atomic mass is 28.3. The first-order valence-electron chi connectivity index (χ1n) is 5.93. The summed E-state index contributed by atoms with van der Waals surface area (Å²) in [6.07, 6.45) is 0.190. The Morgan fingerprint density at radius 3 is 2.27 bits per heavy atom. The fourth-order valence-corrected chi connectivity index (χ4v) is 4.80. The van der Waals surface area contributed by atoms with Crippen molar-refractivity contribution in [1.82, 2.24) is 0 Å². The Morgan fingerprint density at radius 1 is 1.33 bits per heavy atom. The minimum atomic E-state index is -1.35. The smallest absolute Gasteiger partial charge is 0.303 e. The first-order chi connectivity index (χ1) is 7.15. The third-order valence-corrected chi connectivity index (χ3v) is 9.14. The molecule has 0 aromatic heterocycles. The van der Waals surface area contributed by atoms with Crippen molar-refractivity contribution in [3.05, 3.63) is 0 Å². The van der Waals surface area contributed by atoms with E-state index in [1.54, 1.807) is 0 Å². The molecule has 0 aliphatic carbocycles. The molecule has 1 unspecified atom stereocenters.